The predicted octanol–water partition coefficient (Wildman–Crippen LogP) is 3.92. The number of rotatable bonds is 3. The molecule has 0 saturated carbocycles. The van der Waals surface area contributed by atoms with Crippen LogP contribution in [0.4, 0.5) is 5.82 Å². The van der Waals surface area contributed by atoms with E-state index in [0.29, 0.717) is 16.6 Å². The summed E-state index contributed by atoms with van der Waals surface area (Å²) in [5.41, 5.74) is 3.52. The smallest absolute Gasteiger partial charge is 0.226 e. The highest BCUT2D eigenvalue weighted by atomic mass is 35.5. The van der Waals surface area contributed by atoms with Crippen LogP contribution in [0, 0.1) is 0 Å². The van der Waals surface area contributed by atoms with Crippen LogP contribution in [-0.4, -0.2) is 28.3 Å². The Kier molecular flexibility index (Phi) is 4.05. The molecule has 1 aliphatic rings. The van der Waals surface area contributed by atoms with E-state index in [1.54, 1.807) is 18.2 Å². The van der Waals surface area contributed by atoms with Crippen molar-refractivity contribution in [2.45, 2.75) is 12.3 Å². The molecule has 6 nitrogen and oxygen atoms in total. The van der Waals surface area contributed by atoms with E-state index in [-0.39, 0.29) is 24.0 Å². The molecule has 0 fully saturated rings. The number of ether oxygens (including phenoxy) is 1. The SMILES string of the molecule is COc1cc([C@H]2CC(=O)Nc3n[nH]c(-c4ccc(Cl)cc4)c32)ccc1O. The van der Waals surface area contributed by atoms with E-state index in [0.717, 1.165) is 22.4 Å². The number of nitrogens with zero attached hydrogens (tertiary/aromatic N) is 1. The van der Waals surface area contributed by atoms with Crippen molar-refractivity contribution in [3.8, 4) is 22.8 Å². The molecule has 3 N–H and O–H groups in total. The Balaban J connectivity index is 1.85. The standard InChI is InChI=1S/C19H16ClN3O3/c1-26-15-8-11(4-7-14(15)24)13-9-16(25)21-19-17(13)18(22-23-19)10-2-5-12(20)6-3-10/h2-8,13,24H,9H2,1H3,(H2,21,22,23,25)/t13-/m1/s1. The lowest BCUT2D eigenvalue weighted by atomic mass is 9.84. The quantitative estimate of drug-likeness (QED) is 0.653. The first kappa shape index (κ1) is 16.5. The number of anilines is 1. The number of aromatic amines is 1. The molecular weight excluding hydrogens is 354 g/mol. The van der Waals surface area contributed by atoms with Crippen LogP contribution in [0.1, 0.15) is 23.5 Å². The van der Waals surface area contributed by atoms with E-state index in [4.69, 9.17) is 16.3 Å². The molecule has 0 radical (unpaired) electrons. The Labute approximate surface area is 154 Å². The number of carbonyl (C=O) groups excluding carboxylic acids is 1. The zero-order chi connectivity index (χ0) is 18.3. The highest BCUT2D eigenvalue weighted by Gasteiger charge is 2.32. The maximum atomic E-state index is 12.2. The van der Waals surface area contributed by atoms with Gasteiger partial charge in [-0.3, -0.25) is 9.89 Å². The van der Waals surface area contributed by atoms with E-state index in [9.17, 15) is 9.90 Å². The summed E-state index contributed by atoms with van der Waals surface area (Å²) in [7, 11) is 1.49. The van der Waals surface area contributed by atoms with Crippen LogP contribution in [0.15, 0.2) is 42.5 Å². The minimum absolute atomic E-state index is 0.0573. The van der Waals surface area contributed by atoms with Gasteiger partial charge in [-0.25, -0.2) is 0 Å². The topological polar surface area (TPSA) is 87.2 Å². The van der Waals surface area contributed by atoms with Crippen LogP contribution >= 0.6 is 11.6 Å². The van der Waals surface area contributed by atoms with Gasteiger partial charge in [0.2, 0.25) is 5.91 Å². The monoisotopic (exact) mass is 369 g/mol. The fourth-order valence-electron chi connectivity index (χ4n) is 3.29. The van der Waals surface area contributed by atoms with Crippen LogP contribution < -0.4 is 10.1 Å². The molecule has 1 aliphatic heterocycles. The summed E-state index contributed by atoms with van der Waals surface area (Å²) in [6.07, 6.45) is 0.279. The maximum Gasteiger partial charge on any atom is 0.226 e. The van der Waals surface area contributed by atoms with Gasteiger partial charge in [-0.1, -0.05) is 29.8 Å². The normalized spacial score (nSPS) is 16.1. The molecule has 1 aromatic heterocycles. The van der Waals surface area contributed by atoms with E-state index in [1.807, 2.05) is 24.3 Å². The number of benzene rings is 2. The molecule has 0 saturated heterocycles. The lowest BCUT2D eigenvalue weighted by Gasteiger charge is -2.24. The molecule has 0 unspecified atom stereocenters. The third-order valence-corrected chi connectivity index (χ3v) is 4.79. The van der Waals surface area contributed by atoms with Crippen molar-refractivity contribution in [1.29, 1.82) is 0 Å². The molecule has 2 aromatic carbocycles. The minimum atomic E-state index is -0.210. The second kappa shape index (κ2) is 6.38. The predicted molar refractivity (Wildman–Crippen MR) is 98.8 cm³/mol. The van der Waals surface area contributed by atoms with E-state index in [1.165, 1.54) is 7.11 Å². The van der Waals surface area contributed by atoms with Crippen LogP contribution in [0.25, 0.3) is 11.3 Å². The first-order chi connectivity index (χ1) is 12.6. The van der Waals surface area contributed by atoms with Crippen molar-refractivity contribution in [3.63, 3.8) is 0 Å². The molecule has 2 heterocycles. The summed E-state index contributed by atoms with van der Waals surface area (Å²) in [5.74, 6) is 0.623. The Morgan fingerprint density at radius 3 is 2.73 bits per heavy atom. The van der Waals surface area contributed by atoms with Crippen molar-refractivity contribution < 1.29 is 14.6 Å². The van der Waals surface area contributed by atoms with Crippen LogP contribution in [0.5, 0.6) is 11.5 Å². The molecule has 7 heteroatoms. The summed E-state index contributed by atoms with van der Waals surface area (Å²) in [6, 6.07) is 12.5. The highest BCUT2D eigenvalue weighted by Crippen LogP contribution is 2.43. The number of fused-ring (bicyclic) bond motifs is 1. The average Bonchev–Trinajstić information content (AvgIpc) is 3.06. The Bertz CT molecular complexity index is 982. The number of amides is 1. The number of nitrogens with one attached hydrogen (secondary N) is 2. The van der Waals surface area contributed by atoms with Gasteiger partial charge in [0.05, 0.1) is 12.8 Å². The van der Waals surface area contributed by atoms with E-state index >= 15 is 0 Å². The zero-order valence-electron chi connectivity index (χ0n) is 13.9. The summed E-state index contributed by atoms with van der Waals surface area (Å²) in [4.78, 5) is 12.2. The molecule has 0 bridgehead atoms. The number of aromatic hydroxyl groups is 1. The molecule has 0 aliphatic carbocycles. The van der Waals surface area contributed by atoms with Crippen molar-refractivity contribution in [1.82, 2.24) is 10.2 Å². The number of methoxy groups -OCH3 is 1. The lowest BCUT2D eigenvalue weighted by Crippen LogP contribution is -2.23. The molecule has 3 aromatic rings. The number of carbonyl (C=O) groups is 1. The summed E-state index contributed by atoms with van der Waals surface area (Å²) in [6.45, 7) is 0. The van der Waals surface area contributed by atoms with Gasteiger partial charge in [0.25, 0.3) is 0 Å². The molecule has 4 rings (SSSR count). The molecular formula is C19H16ClN3O3. The molecule has 26 heavy (non-hydrogen) atoms. The Morgan fingerprint density at radius 1 is 1.23 bits per heavy atom. The third kappa shape index (κ3) is 2.78. The number of phenolic OH excluding ortho intramolecular Hbond substituents is 1. The summed E-state index contributed by atoms with van der Waals surface area (Å²) < 4.78 is 5.21. The van der Waals surface area contributed by atoms with Crippen molar-refractivity contribution in [2.75, 3.05) is 12.4 Å². The first-order valence-corrected chi connectivity index (χ1v) is 8.45. The van der Waals surface area contributed by atoms with E-state index in [2.05, 4.69) is 15.5 Å². The minimum Gasteiger partial charge on any atom is -0.504 e. The highest BCUT2D eigenvalue weighted by molar-refractivity contribution is 6.30. The van der Waals surface area contributed by atoms with Gasteiger partial charge >= 0.3 is 0 Å². The average molecular weight is 370 g/mol. The number of hydrogen-bond donors (Lipinski definition) is 3. The van der Waals surface area contributed by atoms with Gasteiger partial charge in [-0.15, -0.1) is 0 Å². The largest absolute Gasteiger partial charge is 0.504 e. The van der Waals surface area contributed by atoms with Gasteiger partial charge in [-0.2, -0.15) is 5.10 Å². The van der Waals surface area contributed by atoms with Gasteiger partial charge in [-0.05, 0) is 29.8 Å². The van der Waals surface area contributed by atoms with Gasteiger partial charge in [0.15, 0.2) is 17.3 Å². The molecule has 0 spiro atoms. The number of halogens is 1. The van der Waals surface area contributed by atoms with Crippen molar-refractivity contribution in [3.05, 3.63) is 58.6 Å². The van der Waals surface area contributed by atoms with Gasteiger partial charge in [0.1, 0.15) is 0 Å². The molecule has 1 amide bonds. The third-order valence-electron chi connectivity index (χ3n) is 4.54. The van der Waals surface area contributed by atoms with Gasteiger partial charge < -0.3 is 15.2 Å². The Morgan fingerprint density at radius 2 is 2.00 bits per heavy atom. The molecule has 1 atom stereocenters. The van der Waals surface area contributed by atoms with Crippen LogP contribution in [-0.2, 0) is 4.79 Å². The fourth-order valence-corrected chi connectivity index (χ4v) is 3.41. The number of H-pyrrole nitrogens is 1. The number of hydrogen-bond acceptors (Lipinski definition) is 4. The van der Waals surface area contributed by atoms with Gasteiger partial charge in [0, 0.05) is 28.5 Å². The summed E-state index contributed by atoms with van der Waals surface area (Å²) in [5, 5.41) is 20.6. The Hall–Kier alpha value is -2.99. The van der Waals surface area contributed by atoms with Crippen LogP contribution in [0.2, 0.25) is 5.02 Å². The summed E-state index contributed by atoms with van der Waals surface area (Å²) >= 11 is 5.99. The zero-order valence-corrected chi connectivity index (χ0v) is 14.7. The first-order valence-electron chi connectivity index (χ1n) is 8.07. The van der Waals surface area contributed by atoms with Crippen LogP contribution in [0.3, 0.4) is 0 Å². The second-order valence-electron chi connectivity index (χ2n) is 6.10. The van der Waals surface area contributed by atoms with Crippen molar-refractivity contribution >= 4 is 23.3 Å². The second-order valence-corrected chi connectivity index (χ2v) is 6.54. The molecule has 132 valence electrons. The lowest BCUT2D eigenvalue weighted by molar-refractivity contribution is -0.116. The fraction of sp³-hybridized carbons (Fsp3) is 0.158. The maximum absolute atomic E-state index is 12.2. The van der Waals surface area contributed by atoms with Crippen molar-refractivity contribution in [2.24, 2.45) is 0 Å². The number of aromatic nitrogens is 2. The van der Waals surface area contributed by atoms with E-state index < -0.39 is 0 Å². The number of phenols is 1.